The molecule has 1 unspecified atom stereocenters. The van der Waals surface area contributed by atoms with Crippen LogP contribution in [0, 0.1) is 0 Å². The van der Waals surface area contributed by atoms with E-state index in [-0.39, 0.29) is 36.0 Å². The van der Waals surface area contributed by atoms with Gasteiger partial charge in [-0.3, -0.25) is 19.1 Å². The Hall–Kier alpha value is -2.81. The van der Waals surface area contributed by atoms with E-state index < -0.39 is 5.54 Å². The maximum absolute atomic E-state index is 13.2. The van der Waals surface area contributed by atoms with Crippen LogP contribution < -0.4 is 10.6 Å². The first-order valence-electron chi connectivity index (χ1n) is 12.0. The summed E-state index contributed by atoms with van der Waals surface area (Å²) in [5.41, 5.74) is 0.618. The molecule has 0 saturated heterocycles. The van der Waals surface area contributed by atoms with Crippen molar-refractivity contribution in [1.82, 2.24) is 25.3 Å². The van der Waals surface area contributed by atoms with E-state index in [1.807, 2.05) is 13.2 Å². The zero-order valence-electron chi connectivity index (χ0n) is 20.1. The van der Waals surface area contributed by atoms with Crippen molar-refractivity contribution in [1.29, 1.82) is 0 Å². The van der Waals surface area contributed by atoms with Crippen LogP contribution in [-0.4, -0.2) is 63.3 Å². The highest BCUT2D eigenvalue weighted by Gasteiger charge is 2.48. The standard InChI is InChI=1S/C25H33N5O3S/c1-4-29-23(32)21-15-20(22(31)26-14-13-17-9-11-19(34-3)12-10-17)28-30(21)16-25(29,2)24(33)27-18-7-5-6-8-18/h9-12,15,18H,4-8,13-14,16H2,1-3H3,(H,26,31)(H,27,33). The molecule has 9 heteroatoms. The molecule has 1 fully saturated rings. The molecular weight excluding hydrogens is 450 g/mol. The lowest BCUT2D eigenvalue weighted by Gasteiger charge is -2.43. The SMILES string of the molecule is CCN1C(=O)c2cc(C(=O)NCCc3ccc(SC)cc3)nn2CC1(C)C(=O)NC1CCCC1. The number of rotatable bonds is 8. The van der Waals surface area contributed by atoms with Crippen molar-refractivity contribution < 1.29 is 14.4 Å². The third-order valence-corrected chi connectivity index (χ3v) is 7.63. The average Bonchev–Trinajstić information content (AvgIpc) is 3.49. The Labute approximate surface area is 204 Å². The van der Waals surface area contributed by atoms with Gasteiger partial charge >= 0.3 is 0 Å². The molecule has 0 spiro atoms. The number of hydrogen-bond donors (Lipinski definition) is 2. The molecule has 4 rings (SSSR count). The number of nitrogens with zero attached hydrogens (tertiary/aromatic N) is 3. The quantitative estimate of drug-likeness (QED) is 0.563. The first-order chi connectivity index (χ1) is 16.4. The molecule has 2 aliphatic rings. The molecule has 1 atom stereocenters. The van der Waals surface area contributed by atoms with Gasteiger partial charge in [0, 0.05) is 30.1 Å². The predicted molar refractivity (Wildman–Crippen MR) is 132 cm³/mol. The second-order valence-electron chi connectivity index (χ2n) is 9.20. The second kappa shape index (κ2) is 10.2. The van der Waals surface area contributed by atoms with Gasteiger partial charge in [0.05, 0.1) is 6.54 Å². The molecule has 0 radical (unpaired) electrons. The van der Waals surface area contributed by atoms with Gasteiger partial charge in [-0.2, -0.15) is 5.10 Å². The highest BCUT2D eigenvalue weighted by molar-refractivity contribution is 7.98. The van der Waals surface area contributed by atoms with Crippen molar-refractivity contribution >= 4 is 29.5 Å². The zero-order chi connectivity index (χ0) is 24.3. The van der Waals surface area contributed by atoms with Crippen LogP contribution in [0.15, 0.2) is 35.2 Å². The van der Waals surface area contributed by atoms with Crippen LogP contribution >= 0.6 is 11.8 Å². The Bertz CT molecular complexity index is 1060. The van der Waals surface area contributed by atoms with Crippen LogP contribution in [0.2, 0.25) is 0 Å². The number of aromatic nitrogens is 2. The molecular formula is C25H33N5O3S. The van der Waals surface area contributed by atoms with E-state index >= 15 is 0 Å². The molecule has 0 bridgehead atoms. The molecule has 34 heavy (non-hydrogen) atoms. The van der Waals surface area contributed by atoms with Crippen molar-refractivity contribution in [2.45, 2.75) is 69.0 Å². The Morgan fingerprint density at radius 1 is 1.21 bits per heavy atom. The Morgan fingerprint density at radius 3 is 2.56 bits per heavy atom. The van der Waals surface area contributed by atoms with Crippen molar-refractivity contribution in [2.24, 2.45) is 0 Å². The van der Waals surface area contributed by atoms with Gasteiger partial charge in [0.25, 0.3) is 11.8 Å². The van der Waals surface area contributed by atoms with Crippen LogP contribution in [0.4, 0.5) is 0 Å². The molecule has 2 heterocycles. The first-order valence-corrected chi connectivity index (χ1v) is 13.2. The summed E-state index contributed by atoms with van der Waals surface area (Å²) in [6.07, 6.45) is 6.92. The van der Waals surface area contributed by atoms with Gasteiger partial charge < -0.3 is 15.5 Å². The van der Waals surface area contributed by atoms with Gasteiger partial charge in [-0.25, -0.2) is 0 Å². The molecule has 2 N–H and O–H groups in total. The Balaban J connectivity index is 1.44. The smallest absolute Gasteiger partial charge is 0.273 e. The van der Waals surface area contributed by atoms with E-state index in [2.05, 4.69) is 40.0 Å². The maximum atomic E-state index is 13.2. The molecule has 1 aromatic carbocycles. The fraction of sp³-hybridized carbons (Fsp3) is 0.520. The Morgan fingerprint density at radius 2 is 1.91 bits per heavy atom. The second-order valence-corrected chi connectivity index (χ2v) is 10.1. The van der Waals surface area contributed by atoms with Crippen molar-refractivity contribution in [3.8, 4) is 0 Å². The van der Waals surface area contributed by atoms with Gasteiger partial charge in [-0.15, -0.1) is 11.8 Å². The van der Waals surface area contributed by atoms with E-state index in [1.165, 1.54) is 15.6 Å². The monoisotopic (exact) mass is 483 g/mol. The summed E-state index contributed by atoms with van der Waals surface area (Å²) in [4.78, 5) is 42.0. The van der Waals surface area contributed by atoms with E-state index in [9.17, 15) is 14.4 Å². The largest absolute Gasteiger partial charge is 0.351 e. The molecule has 3 amide bonds. The molecule has 1 aliphatic carbocycles. The van der Waals surface area contributed by atoms with Crippen LogP contribution in [0.25, 0.3) is 0 Å². The van der Waals surface area contributed by atoms with Gasteiger partial charge in [-0.05, 0) is 57.1 Å². The number of hydrogen-bond acceptors (Lipinski definition) is 5. The lowest BCUT2D eigenvalue weighted by molar-refractivity contribution is -0.133. The van der Waals surface area contributed by atoms with Crippen molar-refractivity contribution in [3.63, 3.8) is 0 Å². The highest BCUT2D eigenvalue weighted by atomic mass is 32.2. The summed E-state index contributed by atoms with van der Waals surface area (Å²) >= 11 is 1.69. The van der Waals surface area contributed by atoms with Gasteiger partial charge in [-0.1, -0.05) is 25.0 Å². The number of benzene rings is 1. The molecule has 1 aromatic heterocycles. The third-order valence-electron chi connectivity index (χ3n) is 6.88. The molecule has 1 aliphatic heterocycles. The maximum Gasteiger partial charge on any atom is 0.273 e. The number of thioether (sulfide) groups is 1. The number of carbonyl (C=O) groups excluding carboxylic acids is 3. The molecule has 1 saturated carbocycles. The number of nitrogens with one attached hydrogen (secondary N) is 2. The average molecular weight is 484 g/mol. The summed E-state index contributed by atoms with van der Waals surface area (Å²) in [6.45, 7) is 4.73. The number of amides is 3. The van der Waals surface area contributed by atoms with Crippen molar-refractivity contribution in [2.75, 3.05) is 19.3 Å². The van der Waals surface area contributed by atoms with Gasteiger partial charge in [0.15, 0.2) is 5.69 Å². The first kappa shape index (κ1) is 24.3. The fourth-order valence-electron chi connectivity index (χ4n) is 4.86. The van der Waals surface area contributed by atoms with E-state index in [4.69, 9.17) is 0 Å². The van der Waals surface area contributed by atoms with E-state index in [0.29, 0.717) is 25.2 Å². The van der Waals surface area contributed by atoms with Crippen LogP contribution in [0.1, 0.15) is 66.1 Å². The summed E-state index contributed by atoms with van der Waals surface area (Å²) in [7, 11) is 0. The van der Waals surface area contributed by atoms with Crippen LogP contribution in [0.5, 0.6) is 0 Å². The number of likely N-dealkylation sites (N-methyl/N-ethyl adjacent to an activating group) is 1. The molecule has 8 nitrogen and oxygen atoms in total. The van der Waals surface area contributed by atoms with Gasteiger partial charge in [0.2, 0.25) is 5.91 Å². The topological polar surface area (TPSA) is 96.3 Å². The van der Waals surface area contributed by atoms with Crippen LogP contribution in [-0.2, 0) is 17.8 Å². The van der Waals surface area contributed by atoms with Gasteiger partial charge in [0.1, 0.15) is 11.2 Å². The normalized spacial score (nSPS) is 20.3. The minimum absolute atomic E-state index is 0.158. The number of carbonyl (C=O) groups is 3. The number of fused-ring (bicyclic) bond motifs is 1. The molecule has 182 valence electrons. The fourth-order valence-corrected chi connectivity index (χ4v) is 5.27. The summed E-state index contributed by atoms with van der Waals surface area (Å²) in [6, 6.07) is 9.94. The Kier molecular flexibility index (Phi) is 7.30. The lowest BCUT2D eigenvalue weighted by Crippen LogP contribution is -2.64. The minimum atomic E-state index is -1.05. The van der Waals surface area contributed by atoms with Crippen LogP contribution in [0.3, 0.4) is 0 Å². The predicted octanol–water partition coefficient (Wildman–Crippen LogP) is 2.87. The summed E-state index contributed by atoms with van der Waals surface area (Å²) in [5, 5.41) is 10.4. The summed E-state index contributed by atoms with van der Waals surface area (Å²) in [5.74, 6) is -0.761. The highest BCUT2D eigenvalue weighted by Crippen LogP contribution is 2.28. The van der Waals surface area contributed by atoms with Crippen molar-refractivity contribution in [3.05, 3.63) is 47.3 Å². The zero-order valence-corrected chi connectivity index (χ0v) is 20.9. The third kappa shape index (κ3) is 4.85. The van der Waals surface area contributed by atoms with E-state index in [0.717, 1.165) is 31.2 Å². The molecule has 2 aromatic rings. The van der Waals surface area contributed by atoms with E-state index in [1.54, 1.807) is 23.6 Å². The summed E-state index contributed by atoms with van der Waals surface area (Å²) < 4.78 is 1.51. The minimum Gasteiger partial charge on any atom is -0.351 e. The lowest BCUT2D eigenvalue weighted by atomic mass is 9.94.